The summed E-state index contributed by atoms with van der Waals surface area (Å²) in [5.74, 6) is 0.713. The van der Waals surface area contributed by atoms with Gasteiger partial charge in [-0.25, -0.2) is 13.1 Å². The minimum absolute atomic E-state index is 0.316. The van der Waals surface area contributed by atoms with Crippen LogP contribution in [0.4, 0.5) is 0 Å². The molecule has 20 heavy (non-hydrogen) atoms. The summed E-state index contributed by atoms with van der Waals surface area (Å²) in [5, 5.41) is 7.94. The van der Waals surface area contributed by atoms with Gasteiger partial charge in [-0.3, -0.25) is 4.99 Å². The Kier molecular flexibility index (Phi) is 7.56. The van der Waals surface area contributed by atoms with Gasteiger partial charge in [-0.2, -0.15) is 0 Å². The van der Waals surface area contributed by atoms with Crippen molar-refractivity contribution in [3.05, 3.63) is 17.5 Å². The Labute approximate surface area is 124 Å². The highest BCUT2D eigenvalue weighted by atomic mass is 32.2. The molecule has 0 aliphatic heterocycles. The van der Waals surface area contributed by atoms with Gasteiger partial charge in [0.1, 0.15) is 4.21 Å². The first kappa shape index (κ1) is 16.9. The van der Waals surface area contributed by atoms with E-state index in [9.17, 15) is 8.42 Å². The van der Waals surface area contributed by atoms with Crippen molar-refractivity contribution in [2.24, 2.45) is 4.99 Å². The first-order chi connectivity index (χ1) is 9.60. The summed E-state index contributed by atoms with van der Waals surface area (Å²) in [4.78, 5) is 4.34. The van der Waals surface area contributed by atoms with E-state index in [0.29, 0.717) is 23.3 Å². The standard InChI is InChI=1S/C12H22N4O2S2/c1-3-7-14-12(13-4-2)15-8-9-16-20(17,18)11-6-5-10-19-11/h5-6,10,16H,3-4,7-9H2,1-2H3,(H2,13,14,15). The zero-order valence-electron chi connectivity index (χ0n) is 11.8. The highest BCUT2D eigenvalue weighted by molar-refractivity contribution is 7.91. The lowest BCUT2D eigenvalue weighted by Gasteiger charge is -2.11. The van der Waals surface area contributed by atoms with Crippen LogP contribution in [0.15, 0.2) is 26.7 Å². The Bertz CT molecular complexity index is 498. The Morgan fingerprint density at radius 2 is 2.10 bits per heavy atom. The molecule has 0 saturated carbocycles. The average molecular weight is 318 g/mol. The molecule has 0 saturated heterocycles. The third kappa shape index (κ3) is 5.89. The van der Waals surface area contributed by atoms with Crippen LogP contribution in [-0.2, 0) is 10.0 Å². The molecule has 1 heterocycles. The number of sulfonamides is 1. The molecule has 1 aromatic heterocycles. The van der Waals surface area contributed by atoms with E-state index in [0.717, 1.165) is 19.5 Å². The van der Waals surface area contributed by atoms with Crippen LogP contribution >= 0.6 is 11.3 Å². The van der Waals surface area contributed by atoms with Crippen molar-refractivity contribution in [1.29, 1.82) is 0 Å². The van der Waals surface area contributed by atoms with E-state index in [2.05, 4.69) is 27.3 Å². The fourth-order valence-corrected chi connectivity index (χ4v) is 3.49. The largest absolute Gasteiger partial charge is 0.357 e. The summed E-state index contributed by atoms with van der Waals surface area (Å²) < 4.78 is 26.6. The fourth-order valence-electron chi connectivity index (χ4n) is 1.42. The monoisotopic (exact) mass is 318 g/mol. The Morgan fingerprint density at radius 3 is 2.70 bits per heavy atom. The van der Waals surface area contributed by atoms with Crippen LogP contribution in [0.5, 0.6) is 0 Å². The molecule has 0 aliphatic carbocycles. The van der Waals surface area contributed by atoms with Gasteiger partial charge in [-0.1, -0.05) is 13.0 Å². The SMILES string of the molecule is CCCN=C(NCC)NCCNS(=O)(=O)c1cccs1. The molecule has 6 nitrogen and oxygen atoms in total. The van der Waals surface area contributed by atoms with Gasteiger partial charge in [0, 0.05) is 26.2 Å². The zero-order valence-corrected chi connectivity index (χ0v) is 13.5. The third-order valence-electron chi connectivity index (χ3n) is 2.31. The van der Waals surface area contributed by atoms with Crippen LogP contribution in [0.2, 0.25) is 0 Å². The van der Waals surface area contributed by atoms with Crippen LogP contribution in [0.25, 0.3) is 0 Å². The molecule has 0 atom stereocenters. The number of hydrogen-bond donors (Lipinski definition) is 3. The molecule has 0 aromatic carbocycles. The average Bonchev–Trinajstić information content (AvgIpc) is 2.95. The van der Waals surface area contributed by atoms with Crippen molar-refractivity contribution < 1.29 is 8.42 Å². The van der Waals surface area contributed by atoms with Crippen LogP contribution in [0.3, 0.4) is 0 Å². The van der Waals surface area contributed by atoms with Gasteiger partial charge in [0.15, 0.2) is 5.96 Å². The Morgan fingerprint density at radius 1 is 1.30 bits per heavy atom. The van der Waals surface area contributed by atoms with Crippen molar-refractivity contribution in [3.63, 3.8) is 0 Å². The molecular weight excluding hydrogens is 296 g/mol. The number of hydrogen-bond acceptors (Lipinski definition) is 4. The predicted molar refractivity (Wildman–Crippen MR) is 83.8 cm³/mol. The van der Waals surface area contributed by atoms with E-state index in [1.54, 1.807) is 17.5 Å². The minimum atomic E-state index is -3.38. The van der Waals surface area contributed by atoms with E-state index >= 15 is 0 Å². The summed E-state index contributed by atoms with van der Waals surface area (Å²) in [7, 11) is -3.38. The molecule has 0 spiro atoms. The highest BCUT2D eigenvalue weighted by Crippen LogP contribution is 2.14. The van der Waals surface area contributed by atoms with E-state index in [-0.39, 0.29) is 0 Å². The van der Waals surface area contributed by atoms with Crippen molar-refractivity contribution in [1.82, 2.24) is 15.4 Å². The van der Waals surface area contributed by atoms with E-state index in [1.165, 1.54) is 11.3 Å². The lowest BCUT2D eigenvalue weighted by molar-refractivity contribution is 0.582. The van der Waals surface area contributed by atoms with Crippen LogP contribution < -0.4 is 15.4 Å². The van der Waals surface area contributed by atoms with Gasteiger partial charge >= 0.3 is 0 Å². The second kappa shape index (κ2) is 8.93. The van der Waals surface area contributed by atoms with Crippen molar-refractivity contribution >= 4 is 27.3 Å². The van der Waals surface area contributed by atoms with Gasteiger partial charge in [-0.05, 0) is 24.8 Å². The van der Waals surface area contributed by atoms with Crippen LogP contribution in [-0.4, -0.2) is 40.6 Å². The first-order valence-electron chi connectivity index (χ1n) is 6.65. The van der Waals surface area contributed by atoms with Gasteiger partial charge in [0.05, 0.1) is 0 Å². The molecule has 0 fully saturated rings. The highest BCUT2D eigenvalue weighted by Gasteiger charge is 2.13. The number of thiophene rings is 1. The van der Waals surface area contributed by atoms with Gasteiger partial charge in [0.2, 0.25) is 10.0 Å². The molecule has 8 heteroatoms. The quantitative estimate of drug-likeness (QED) is 0.379. The van der Waals surface area contributed by atoms with Crippen LogP contribution in [0, 0.1) is 0 Å². The van der Waals surface area contributed by atoms with E-state index in [1.807, 2.05) is 6.92 Å². The topological polar surface area (TPSA) is 82.6 Å². The normalized spacial score (nSPS) is 12.4. The Hall–Kier alpha value is -1.12. The maximum Gasteiger partial charge on any atom is 0.250 e. The number of nitrogens with zero attached hydrogens (tertiary/aromatic N) is 1. The molecule has 0 aliphatic rings. The van der Waals surface area contributed by atoms with Crippen molar-refractivity contribution in [2.45, 2.75) is 24.5 Å². The summed E-state index contributed by atoms with van der Waals surface area (Å²) in [6.45, 7) is 6.37. The van der Waals surface area contributed by atoms with Crippen LogP contribution in [0.1, 0.15) is 20.3 Å². The molecule has 0 unspecified atom stereocenters. The minimum Gasteiger partial charge on any atom is -0.357 e. The smallest absolute Gasteiger partial charge is 0.250 e. The van der Waals surface area contributed by atoms with E-state index in [4.69, 9.17) is 0 Å². The lowest BCUT2D eigenvalue weighted by atomic mass is 10.5. The molecule has 1 rings (SSSR count). The molecule has 0 bridgehead atoms. The Balaban J connectivity index is 2.37. The second-order valence-corrected chi connectivity index (χ2v) is 6.96. The molecule has 3 N–H and O–H groups in total. The molecule has 1 aromatic rings. The fraction of sp³-hybridized carbons (Fsp3) is 0.583. The van der Waals surface area contributed by atoms with Crippen molar-refractivity contribution in [3.8, 4) is 0 Å². The molecular formula is C12H22N4O2S2. The number of guanidine groups is 1. The van der Waals surface area contributed by atoms with Gasteiger partial charge in [-0.15, -0.1) is 11.3 Å². The van der Waals surface area contributed by atoms with Gasteiger partial charge in [0.25, 0.3) is 0 Å². The first-order valence-corrected chi connectivity index (χ1v) is 9.01. The summed E-state index contributed by atoms with van der Waals surface area (Å²) in [5.41, 5.74) is 0. The third-order valence-corrected chi connectivity index (χ3v) is 5.17. The zero-order chi connectivity index (χ0) is 14.8. The van der Waals surface area contributed by atoms with Gasteiger partial charge < -0.3 is 10.6 Å². The predicted octanol–water partition coefficient (Wildman–Crippen LogP) is 0.992. The summed E-state index contributed by atoms with van der Waals surface area (Å²) in [6, 6.07) is 3.31. The number of nitrogens with one attached hydrogen (secondary N) is 3. The second-order valence-electron chi connectivity index (χ2n) is 4.02. The van der Waals surface area contributed by atoms with Crippen molar-refractivity contribution in [2.75, 3.05) is 26.2 Å². The summed E-state index contributed by atoms with van der Waals surface area (Å²) in [6.07, 6.45) is 0.974. The maximum absolute atomic E-state index is 11.9. The maximum atomic E-state index is 11.9. The number of rotatable bonds is 8. The lowest BCUT2D eigenvalue weighted by Crippen LogP contribution is -2.41. The summed E-state index contributed by atoms with van der Waals surface area (Å²) >= 11 is 1.21. The molecule has 0 amide bonds. The molecule has 114 valence electrons. The number of aliphatic imine (C=N–C) groups is 1. The van der Waals surface area contributed by atoms with E-state index < -0.39 is 10.0 Å². The molecule has 0 radical (unpaired) electrons.